The molecule has 3 rings (SSSR count). The SMILES string of the molecule is CC1=C(O[Si](C(C)C)(C(C)C)C(C)C)CC[C@]2(C)C(=O)O[C@@H](/C=C(\C)C(=O)CC(O)c3ccoc3)[C@H]12. The highest BCUT2D eigenvalue weighted by Gasteiger charge is 2.57. The molecule has 1 fully saturated rings. The smallest absolute Gasteiger partial charge is 0.313 e. The highest BCUT2D eigenvalue weighted by atomic mass is 28.4. The minimum atomic E-state index is -2.15. The average Bonchev–Trinajstić information content (AvgIpc) is 3.40. The molecule has 1 aliphatic heterocycles. The van der Waals surface area contributed by atoms with Gasteiger partial charge in [-0.3, -0.25) is 9.59 Å². The Morgan fingerprint density at radius 3 is 2.36 bits per heavy atom. The molecule has 1 aliphatic carbocycles. The van der Waals surface area contributed by atoms with Gasteiger partial charge in [0.15, 0.2) is 5.78 Å². The quantitative estimate of drug-likeness (QED) is 0.204. The van der Waals surface area contributed by atoms with Gasteiger partial charge in [0, 0.05) is 24.3 Å². The van der Waals surface area contributed by atoms with Crippen molar-refractivity contribution in [2.75, 3.05) is 0 Å². The van der Waals surface area contributed by atoms with Crippen molar-refractivity contribution < 1.29 is 28.3 Å². The van der Waals surface area contributed by atoms with Gasteiger partial charge in [0.2, 0.25) is 0 Å². The first-order chi connectivity index (χ1) is 16.8. The van der Waals surface area contributed by atoms with E-state index in [0.29, 0.717) is 34.2 Å². The summed E-state index contributed by atoms with van der Waals surface area (Å²) in [6, 6.07) is 1.65. The third-order valence-corrected chi connectivity index (χ3v) is 14.7. The van der Waals surface area contributed by atoms with Crippen LogP contribution in [0.5, 0.6) is 0 Å². The number of aliphatic hydroxyl groups is 1. The number of allylic oxidation sites excluding steroid dienone is 2. The lowest BCUT2D eigenvalue weighted by molar-refractivity contribution is -0.147. The maximum atomic E-state index is 13.0. The van der Waals surface area contributed by atoms with E-state index in [9.17, 15) is 14.7 Å². The van der Waals surface area contributed by atoms with E-state index in [1.165, 1.54) is 12.5 Å². The van der Waals surface area contributed by atoms with Crippen molar-refractivity contribution in [3.05, 3.63) is 47.1 Å². The Hall–Kier alpha value is -2.12. The lowest BCUT2D eigenvalue weighted by Gasteiger charge is -2.45. The Bertz CT molecular complexity index is 997. The monoisotopic (exact) mass is 516 g/mol. The van der Waals surface area contributed by atoms with Gasteiger partial charge in [0.05, 0.1) is 29.8 Å². The molecule has 0 spiro atoms. The Balaban J connectivity index is 1.91. The molecule has 7 heteroatoms. The fraction of sp³-hybridized carbons (Fsp3) is 0.655. The number of carbonyl (C=O) groups excluding carboxylic acids is 2. The molecule has 0 radical (unpaired) electrons. The number of Topliss-reactive ketones (excluding diaryl/α,β-unsaturated/α-hetero) is 1. The van der Waals surface area contributed by atoms with Crippen LogP contribution < -0.4 is 0 Å². The predicted octanol–water partition coefficient (Wildman–Crippen LogP) is 7.03. The molecule has 2 aliphatic rings. The van der Waals surface area contributed by atoms with Crippen molar-refractivity contribution in [2.24, 2.45) is 11.3 Å². The molecular formula is C29H44O6Si. The molecule has 2 heterocycles. The first-order valence-electron chi connectivity index (χ1n) is 13.3. The van der Waals surface area contributed by atoms with Crippen LogP contribution in [0.25, 0.3) is 0 Å². The summed E-state index contributed by atoms with van der Waals surface area (Å²) >= 11 is 0. The molecule has 36 heavy (non-hydrogen) atoms. The van der Waals surface area contributed by atoms with Crippen molar-refractivity contribution in [2.45, 2.75) is 110 Å². The zero-order valence-corrected chi connectivity index (χ0v) is 24.4. The number of rotatable bonds is 10. The standard InChI is InChI=1S/C29H44O6Si/c1-17(2)36(18(3)4,19(5)6)35-25-10-12-29(9)27(21(25)8)26(34-28(29)32)14-20(7)23(30)15-24(31)22-11-13-33-16-22/h11,13-14,16-19,24,26-27,31H,10,12,15H2,1-9H3/b20-14+/t24?,26-,27-,29-/m0/s1. The number of carbonyl (C=O) groups is 2. The van der Waals surface area contributed by atoms with Crippen LogP contribution >= 0.6 is 0 Å². The number of fused-ring (bicyclic) bond motifs is 1. The van der Waals surface area contributed by atoms with E-state index in [1.54, 1.807) is 19.1 Å². The molecule has 1 N–H and O–H groups in total. The van der Waals surface area contributed by atoms with Crippen LogP contribution in [0.1, 0.15) is 93.2 Å². The van der Waals surface area contributed by atoms with Crippen LogP contribution in [0, 0.1) is 11.3 Å². The van der Waals surface area contributed by atoms with Crippen molar-refractivity contribution in [3.63, 3.8) is 0 Å². The zero-order chi connectivity index (χ0) is 27.0. The normalized spacial score (nSPS) is 26.0. The van der Waals surface area contributed by atoms with Gasteiger partial charge >= 0.3 is 5.97 Å². The maximum Gasteiger partial charge on any atom is 0.313 e. The summed E-state index contributed by atoms with van der Waals surface area (Å²) in [6.45, 7) is 19.4. The molecule has 0 amide bonds. The first-order valence-corrected chi connectivity index (χ1v) is 15.4. The number of aliphatic hydroxyl groups excluding tert-OH is 1. The van der Waals surface area contributed by atoms with Crippen LogP contribution in [0.2, 0.25) is 16.6 Å². The van der Waals surface area contributed by atoms with Gasteiger partial charge in [-0.2, -0.15) is 0 Å². The molecule has 1 saturated heterocycles. The van der Waals surface area contributed by atoms with E-state index < -0.39 is 25.9 Å². The average molecular weight is 517 g/mol. The first kappa shape index (κ1) is 28.4. The van der Waals surface area contributed by atoms with Crippen molar-refractivity contribution in [1.82, 2.24) is 0 Å². The topological polar surface area (TPSA) is 86.0 Å². The van der Waals surface area contributed by atoms with Crippen LogP contribution in [0.4, 0.5) is 0 Å². The molecule has 1 aromatic rings. The van der Waals surface area contributed by atoms with Crippen molar-refractivity contribution in [1.29, 1.82) is 0 Å². The van der Waals surface area contributed by atoms with E-state index in [2.05, 4.69) is 48.5 Å². The predicted molar refractivity (Wildman–Crippen MR) is 143 cm³/mol. The zero-order valence-electron chi connectivity index (χ0n) is 23.4. The number of esters is 1. The van der Waals surface area contributed by atoms with Crippen molar-refractivity contribution in [3.8, 4) is 0 Å². The Morgan fingerprint density at radius 1 is 1.22 bits per heavy atom. The second-order valence-corrected chi connectivity index (χ2v) is 17.2. The third-order valence-electron chi connectivity index (χ3n) is 8.67. The second-order valence-electron chi connectivity index (χ2n) is 11.8. The number of ether oxygens (including phenoxy) is 1. The highest BCUT2D eigenvalue weighted by molar-refractivity contribution is 6.77. The number of furan rings is 1. The maximum absolute atomic E-state index is 13.0. The molecule has 1 aromatic heterocycles. The fourth-order valence-corrected chi connectivity index (χ4v) is 12.0. The van der Waals surface area contributed by atoms with Crippen LogP contribution in [-0.2, 0) is 18.8 Å². The molecule has 4 atom stereocenters. The summed E-state index contributed by atoms with van der Waals surface area (Å²) in [5.74, 6) is 0.420. The van der Waals surface area contributed by atoms with Gasteiger partial charge in [-0.1, -0.05) is 41.5 Å². The minimum absolute atomic E-state index is 0.0566. The molecule has 200 valence electrons. The summed E-state index contributed by atoms with van der Waals surface area (Å²) in [5, 5.41) is 10.4. The number of hydrogen-bond donors (Lipinski definition) is 1. The number of hydrogen-bond acceptors (Lipinski definition) is 6. The van der Waals surface area contributed by atoms with Gasteiger partial charge in [-0.15, -0.1) is 0 Å². The molecule has 0 bridgehead atoms. The van der Waals surface area contributed by atoms with E-state index >= 15 is 0 Å². The van der Waals surface area contributed by atoms with E-state index in [4.69, 9.17) is 13.6 Å². The van der Waals surface area contributed by atoms with Gasteiger partial charge in [0.1, 0.15) is 6.10 Å². The van der Waals surface area contributed by atoms with Crippen LogP contribution in [0.3, 0.4) is 0 Å². The lowest BCUT2D eigenvalue weighted by Crippen LogP contribution is -2.48. The summed E-state index contributed by atoms with van der Waals surface area (Å²) < 4.78 is 18.0. The largest absolute Gasteiger partial charge is 0.546 e. The summed E-state index contributed by atoms with van der Waals surface area (Å²) in [7, 11) is -2.15. The van der Waals surface area contributed by atoms with E-state index in [-0.39, 0.29) is 24.1 Å². The molecule has 0 aromatic carbocycles. The van der Waals surface area contributed by atoms with Gasteiger partial charge in [0.25, 0.3) is 8.32 Å². The number of ketones is 1. The Kier molecular flexibility index (Phi) is 8.46. The minimum Gasteiger partial charge on any atom is -0.546 e. The lowest BCUT2D eigenvalue weighted by atomic mass is 9.66. The fourth-order valence-electron chi connectivity index (χ4n) is 6.63. The molecule has 0 saturated carbocycles. The Morgan fingerprint density at radius 2 is 1.83 bits per heavy atom. The molecule has 1 unspecified atom stereocenters. The van der Waals surface area contributed by atoms with Gasteiger partial charge < -0.3 is 18.7 Å². The van der Waals surface area contributed by atoms with E-state index in [1.807, 2.05) is 6.92 Å². The number of cyclic esters (lactones) is 1. The summed E-state index contributed by atoms with van der Waals surface area (Å²) in [4.78, 5) is 25.9. The van der Waals surface area contributed by atoms with Crippen LogP contribution in [-0.4, -0.2) is 31.3 Å². The Labute approximate surface area is 217 Å². The van der Waals surface area contributed by atoms with Gasteiger partial charge in [-0.25, -0.2) is 0 Å². The second kappa shape index (κ2) is 10.7. The van der Waals surface area contributed by atoms with Crippen molar-refractivity contribution >= 4 is 20.1 Å². The van der Waals surface area contributed by atoms with Crippen LogP contribution in [0.15, 0.2) is 46.0 Å². The third kappa shape index (κ3) is 5.01. The molecule has 6 nitrogen and oxygen atoms in total. The van der Waals surface area contributed by atoms with E-state index in [0.717, 1.165) is 17.8 Å². The highest BCUT2D eigenvalue weighted by Crippen LogP contribution is 2.54. The molecular weight excluding hydrogens is 472 g/mol. The summed E-state index contributed by atoms with van der Waals surface area (Å²) in [5.41, 5.74) is 2.82. The van der Waals surface area contributed by atoms with Gasteiger partial charge in [-0.05, 0) is 67.1 Å². The summed E-state index contributed by atoms with van der Waals surface area (Å²) in [6.07, 6.45) is 4.53.